The van der Waals surface area contributed by atoms with Crippen LogP contribution in [0.4, 0.5) is 5.69 Å². The number of hydrogen-bond acceptors (Lipinski definition) is 6. The molecule has 240 valence electrons. The van der Waals surface area contributed by atoms with Crippen LogP contribution in [-0.2, 0) is 9.59 Å². The Bertz CT molecular complexity index is 1240. The predicted octanol–water partition coefficient (Wildman–Crippen LogP) is 8.76. The fraction of sp³-hybridized carbons (Fsp3) is 0.556. The smallest absolute Gasteiger partial charge is 0.255 e. The average Bonchev–Trinajstić information content (AvgIpc) is 3.03. The van der Waals surface area contributed by atoms with Crippen molar-refractivity contribution in [1.29, 1.82) is 0 Å². The fourth-order valence-electron chi connectivity index (χ4n) is 5.34. The first-order chi connectivity index (χ1) is 21.5. The standard InChI is InChI=1S/C36H51N3O4S/c1-2-3-4-5-6-7-8-9-10-11-12-13-14-15-16-17-20-29(23-26-40)35(42)37-24-25-38-36(43)32-27-33(39-28-44)30-21-18-19-22-31(30)34(32)41/h17-22,26-27,29,41H,2-16,23-25H2,1H3,(H,37,42)(H,38,43). The molecule has 1 atom stereocenters. The Labute approximate surface area is 269 Å². The van der Waals surface area contributed by atoms with Crippen LogP contribution in [0, 0.1) is 5.92 Å². The Morgan fingerprint density at radius 1 is 0.886 bits per heavy atom. The number of unbranched alkanes of at least 4 members (excludes halogenated alkanes) is 14. The number of nitrogens with one attached hydrogen (secondary N) is 2. The second-order valence-corrected chi connectivity index (χ2v) is 11.6. The Morgan fingerprint density at radius 3 is 2.05 bits per heavy atom. The molecule has 2 rings (SSSR count). The van der Waals surface area contributed by atoms with Gasteiger partial charge in [-0.05, 0) is 31.1 Å². The molecule has 0 aliphatic carbocycles. The van der Waals surface area contributed by atoms with Gasteiger partial charge in [0.2, 0.25) is 5.91 Å². The molecule has 0 radical (unpaired) electrons. The van der Waals surface area contributed by atoms with Crippen LogP contribution in [0.3, 0.4) is 0 Å². The molecule has 2 aromatic rings. The van der Waals surface area contributed by atoms with Crippen molar-refractivity contribution in [2.24, 2.45) is 10.9 Å². The number of isothiocyanates is 1. The van der Waals surface area contributed by atoms with Crippen LogP contribution in [-0.4, -0.2) is 41.5 Å². The van der Waals surface area contributed by atoms with E-state index < -0.39 is 11.8 Å². The SMILES string of the molecule is CCCCCCCCCCCCCCCCC=CC(CC=O)C(=O)NCCNC(=O)c1cc(N=C=S)c2ccccc2c1O. The number of aromatic hydroxyl groups is 1. The molecule has 7 nitrogen and oxygen atoms in total. The first-order valence-electron chi connectivity index (χ1n) is 16.5. The Hall–Kier alpha value is -3.35. The number of rotatable bonds is 24. The number of fused-ring (bicyclic) bond motifs is 1. The molecule has 0 aliphatic rings. The summed E-state index contributed by atoms with van der Waals surface area (Å²) >= 11 is 4.72. The maximum Gasteiger partial charge on any atom is 0.255 e. The minimum atomic E-state index is -0.533. The molecular formula is C36H51N3O4S. The molecule has 0 heterocycles. The Morgan fingerprint density at radius 2 is 1.45 bits per heavy atom. The van der Waals surface area contributed by atoms with E-state index in [2.05, 4.69) is 27.7 Å². The van der Waals surface area contributed by atoms with Gasteiger partial charge in [0.1, 0.15) is 12.0 Å². The van der Waals surface area contributed by atoms with Gasteiger partial charge in [-0.1, -0.05) is 127 Å². The molecule has 0 fully saturated rings. The minimum Gasteiger partial charge on any atom is -0.506 e. The van der Waals surface area contributed by atoms with Gasteiger partial charge in [0, 0.05) is 30.3 Å². The number of nitrogens with zero attached hydrogens (tertiary/aromatic N) is 1. The minimum absolute atomic E-state index is 0.0595. The third-order valence-corrected chi connectivity index (χ3v) is 7.99. The van der Waals surface area contributed by atoms with Crippen LogP contribution in [0.5, 0.6) is 5.75 Å². The maximum absolute atomic E-state index is 12.8. The van der Waals surface area contributed by atoms with Gasteiger partial charge in [0.05, 0.1) is 22.3 Å². The summed E-state index contributed by atoms with van der Waals surface area (Å²) in [5.74, 6) is -1.44. The number of allylic oxidation sites excluding steroid dienone is 1. The molecule has 0 aromatic heterocycles. The zero-order valence-electron chi connectivity index (χ0n) is 26.5. The summed E-state index contributed by atoms with van der Waals surface area (Å²) in [5.41, 5.74) is 0.494. The molecule has 0 spiro atoms. The highest BCUT2D eigenvalue weighted by atomic mass is 32.1. The first kappa shape index (κ1) is 36.8. The summed E-state index contributed by atoms with van der Waals surface area (Å²) in [6.45, 7) is 2.60. The van der Waals surface area contributed by atoms with E-state index >= 15 is 0 Å². The Kier molecular flexibility index (Phi) is 19.3. The van der Waals surface area contributed by atoms with Crippen LogP contribution in [0.2, 0.25) is 0 Å². The summed E-state index contributed by atoms with van der Waals surface area (Å²) in [4.78, 5) is 40.6. The highest BCUT2D eigenvalue weighted by Gasteiger charge is 2.18. The summed E-state index contributed by atoms with van der Waals surface area (Å²) in [6.07, 6.45) is 24.0. The molecule has 1 unspecified atom stereocenters. The highest BCUT2D eigenvalue weighted by molar-refractivity contribution is 7.78. The van der Waals surface area contributed by atoms with Gasteiger partial charge in [-0.15, -0.1) is 0 Å². The lowest BCUT2D eigenvalue weighted by Crippen LogP contribution is -2.37. The summed E-state index contributed by atoms with van der Waals surface area (Å²) in [6, 6.07) is 8.51. The number of carbonyl (C=O) groups excluding carboxylic acids is 3. The van der Waals surface area contributed by atoms with Crippen molar-refractivity contribution in [3.05, 3.63) is 48.0 Å². The summed E-state index contributed by atoms with van der Waals surface area (Å²) < 4.78 is 0. The summed E-state index contributed by atoms with van der Waals surface area (Å²) in [5, 5.41) is 19.6. The average molecular weight is 622 g/mol. The van der Waals surface area contributed by atoms with E-state index in [1.54, 1.807) is 24.3 Å². The topological polar surface area (TPSA) is 108 Å². The van der Waals surface area contributed by atoms with Gasteiger partial charge in [-0.2, -0.15) is 4.99 Å². The third-order valence-electron chi connectivity index (χ3n) is 7.89. The number of aldehydes is 1. The molecule has 8 heteroatoms. The van der Waals surface area contributed by atoms with E-state index in [0.29, 0.717) is 16.5 Å². The van der Waals surface area contributed by atoms with Gasteiger partial charge >= 0.3 is 0 Å². The van der Waals surface area contributed by atoms with Gasteiger partial charge in [-0.25, -0.2) is 0 Å². The largest absolute Gasteiger partial charge is 0.506 e. The second-order valence-electron chi connectivity index (χ2n) is 11.4. The van der Waals surface area contributed by atoms with Gasteiger partial charge in [0.25, 0.3) is 5.91 Å². The van der Waals surface area contributed by atoms with E-state index in [4.69, 9.17) is 12.2 Å². The van der Waals surface area contributed by atoms with Crippen LogP contribution in [0.1, 0.15) is 120 Å². The third kappa shape index (κ3) is 14.0. The molecule has 44 heavy (non-hydrogen) atoms. The van der Waals surface area contributed by atoms with E-state index in [-0.39, 0.29) is 36.7 Å². The first-order valence-corrected chi connectivity index (χ1v) is 16.9. The normalized spacial score (nSPS) is 11.8. The quantitative estimate of drug-likeness (QED) is 0.0357. The van der Waals surface area contributed by atoms with E-state index in [0.717, 1.165) is 19.1 Å². The van der Waals surface area contributed by atoms with Crippen molar-refractivity contribution in [3.63, 3.8) is 0 Å². The van der Waals surface area contributed by atoms with E-state index in [1.807, 2.05) is 12.2 Å². The number of benzene rings is 2. The van der Waals surface area contributed by atoms with Crippen molar-refractivity contribution in [1.82, 2.24) is 10.6 Å². The van der Waals surface area contributed by atoms with Crippen LogP contribution >= 0.6 is 12.2 Å². The van der Waals surface area contributed by atoms with Crippen molar-refractivity contribution >= 4 is 51.9 Å². The maximum atomic E-state index is 12.8. The lowest BCUT2D eigenvalue weighted by Gasteiger charge is -2.13. The number of phenols is 1. The molecule has 3 N–H and O–H groups in total. The second kappa shape index (κ2) is 23.1. The molecule has 0 bridgehead atoms. The van der Waals surface area contributed by atoms with Gasteiger partial charge in [0.15, 0.2) is 0 Å². The van der Waals surface area contributed by atoms with Crippen LogP contribution in [0.25, 0.3) is 10.8 Å². The highest BCUT2D eigenvalue weighted by Crippen LogP contribution is 2.35. The fourth-order valence-corrected chi connectivity index (χ4v) is 5.44. The van der Waals surface area contributed by atoms with Crippen molar-refractivity contribution in [2.45, 2.75) is 110 Å². The number of phenolic OH excluding ortho intramolecular Hbond substituents is 1. The van der Waals surface area contributed by atoms with E-state index in [9.17, 15) is 19.5 Å². The van der Waals surface area contributed by atoms with Crippen LogP contribution in [0.15, 0.2) is 47.5 Å². The molecular weight excluding hydrogens is 570 g/mol. The van der Waals surface area contributed by atoms with Crippen molar-refractivity contribution < 1.29 is 19.5 Å². The van der Waals surface area contributed by atoms with Crippen molar-refractivity contribution in [3.8, 4) is 5.75 Å². The number of aliphatic imine (C=N–C) groups is 1. The lowest BCUT2D eigenvalue weighted by molar-refractivity contribution is -0.125. The molecule has 2 amide bonds. The van der Waals surface area contributed by atoms with Crippen molar-refractivity contribution in [2.75, 3.05) is 13.1 Å². The number of thiocarbonyl (C=S) groups is 1. The Balaban J connectivity index is 1.63. The number of carbonyl (C=O) groups is 3. The number of amides is 2. The van der Waals surface area contributed by atoms with Gasteiger partial charge < -0.3 is 20.5 Å². The lowest BCUT2D eigenvalue weighted by atomic mass is 10.0. The zero-order chi connectivity index (χ0) is 31.8. The predicted molar refractivity (Wildman–Crippen MR) is 184 cm³/mol. The monoisotopic (exact) mass is 621 g/mol. The summed E-state index contributed by atoms with van der Waals surface area (Å²) in [7, 11) is 0. The number of hydrogen-bond donors (Lipinski definition) is 3. The van der Waals surface area contributed by atoms with Gasteiger partial charge in [-0.3, -0.25) is 9.59 Å². The van der Waals surface area contributed by atoms with Crippen LogP contribution < -0.4 is 10.6 Å². The zero-order valence-corrected chi connectivity index (χ0v) is 27.3. The molecule has 0 saturated carbocycles. The van der Waals surface area contributed by atoms with E-state index in [1.165, 1.54) is 89.5 Å². The molecule has 2 aromatic carbocycles. The molecule has 0 saturated heterocycles. The molecule has 0 aliphatic heterocycles.